The number of hydrogen-bond donors (Lipinski definition) is 1. The van der Waals surface area contributed by atoms with Gasteiger partial charge in [0.2, 0.25) is 0 Å². The van der Waals surface area contributed by atoms with Crippen molar-refractivity contribution in [1.82, 2.24) is 0 Å². The topological polar surface area (TPSA) is 73.9 Å². The summed E-state index contributed by atoms with van der Waals surface area (Å²) in [5.74, 6) is 0.413. The summed E-state index contributed by atoms with van der Waals surface area (Å²) in [5, 5.41) is 2.70. The lowest BCUT2D eigenvalue weighted by molar-refractivity contribution is -0.119. The molecule has 6 nitrogen and oxygen atoms in total. The molecule has 0 saturated heterocycles. The van der Waals surface area contributed by atoms with E-state index in [4.69, 9.17) is 14.2 Å². The summed E-state index contributed by atoms with van der Waals surface area (Å²) in [6.45, 7) is 0.670. The summed E-state index contributed by atoms with van der Waals surface area (Å²) in [5.41, 5.74) is 1.82. The third kappa shape index (κ3) is 3.67. The molecule has 2 aliphatic rings. The Morgan fingerprint density at radius 3 is 2.73 bits per heavy atom. The Morgan fingerprint density at radius 1 is 1.08 bits per heavy atom. The zero-order valence-corrected chi connectivity index (χ0v) is 15.0. The Morgan fingerprint density at radius 2 is 1.88 bits per heavy atom. The van der Waals surface area contributed by atoms with Crippen LogP contribution in [-0.4, -0.2) is 31.7 Å². The van der Waals surface area contributed by atoms with Crippen LogP contribution in [0, 0.1) is 0 Å². The van der Waals surface area contributed by atoms with Crippen molar-refractivity contribution in [2.45, 2.75) is 25.7 Å². The van der Waals surface area contributed by atoms with Crippen LogP contribution in [0.3, 0.4) is 0 Å². The number of aryl methyl sites for hydroxylation is 2. The number of esters is 1. The number of nitrogens with one attached hydrogen (secondary N) is 1. The fourth-order valence-corrected chi connectivity index (χ4v) is 4.26. The van der Waals surface area contributed by atoms with Crippen molar-refractivity contribution in [2.24, 2.45) is 0 Å². The van der Waals surface area contributed by atoms with Gasteiger partial charge in [0.25, 0.3) is 5.91 Å². The lowest BCUT2D eigenvalue weighted by atomic mass is 9.99. The second-order valence-electron chi connectivity index (χ2n) is 6.25. The van der Waals surface area contributed by atoms with Gasteiger partial charge in [0.1, 0.15) is 18.1 Å². The molecule has 1 aliphatic heterocycles. The molecular formula is C19H19NO5S. The van der Waals surface area contributed by atoms with E-state index in [0.717, 1.165) is 19.3 Å². The van der Waals surface area contributed by atoms with Crippen LogP contribution in [0.25, 0.3) is 0 Å². The Hall–Kier alpha value is -2.54. The maximum Gasteiger partial charge on any atom is 0.348 e. The minimum Gasteiger partial charge on any atom is -0.486 e. The molecule has 0 unspecified atom stereocenters. The summed E-state index contributed by atoms with van der Waals surface area (Å²) in [6.07, 6.45) is 4.37. The molecule has 2 aromatic rings. The predicted molar refractivity (Wildman–Crippen MR) is 97.3 cm³/mol. The molecule has 1 aromatic heterocycles. The maximum absolute atomic E-state index is 12.2. The standard InChI is InChI=1S/C19H19NO5S/c21-18(20-13-5-6-14-15(10-13)24-8-7-23-14)11-25-19(22)17-9-12-3-1-2-4-16(12)26-17/h5-6,9-10H,1-4,7-8,11H2,(H,20,21). The third-order valence-corrected chi connectivity index (χ3v) is 5.58. The van der Waals surface area contributed by atoms with Crippen LogP contribution in [0.15, 0.2) is 24.3 Å². The lowest BCUT2D eigenvalue weighted by Crippen LogP contribution is -2.21. The van der Waals surface area contributed by atoms with Crippen molar-refractivity contribution in [3.05, 3.63) is 39.6 Å². The summed E-state index contributed by atoms with van der Waals surface area (Å²) < 4.78 is 16.1. The van der Waals surface area contributed by atoms with Gasteiger partial charge < -0.3 is 19.5 Å². The number of thiophene rings is 1. The smallest absolute Gasteiger partial charge is 0.348 e. The van der Waals surface area contributed by atoms with Gasteiger partial charge in [0.05, 0.1) is 0 Å². The first kappa shape index (κ1) is 16.9. The molecule has 0 atom stereocenters. The van der Waals surface area contributed by atoms with E-state index in [2.05, 4.69) is 5.32 Å². The van der Waals surface area contributed by atoms with Gasteiger partial charge in [0, 0.05) is 16.6 Å². The Balaban J connectivity index is 1.32. The summed E-state index contributed by atoms with van der Waals surface area (Å²) in [4.78, 5) is 26.1. The highest BCUT2D eigenvalue weighted by molar-refractivity contribution is 7.14. The number of ether oxygens (including phenoxy) is 3. The Labute approximate surface area is 155 Å². The predicted octanol–water partition coefficient (Wildman–Crippen LogP) is 3.19. The minimum atomic E-state index is -0.443. The highest BCUT2D eigenvalue weighted by Crippen LogP contribution is 2.32. The number of benzene rings is 1. The van der Waals surface area contributed by atoms with E-state index in [1.165, 1.54) is 28.2 Å². The molecule has 1 amide bonds. The van der Waals surface area contributed by atoms with Crippen molar-refractivity contribution >= 4 is 28.9 Å². The number of anilines is 1. The number of hydrogen-bond acceptors (Lipinski definition) is 6. The van der Waals surface area contributed by atoms with E-state index in [9.17, 15) is 9.59 Å². The van der Waals surface area contributed by atoms with E-state index < -0.39 is 11.9 Å². The fraction of sp³-hybridized carbons (Fsp3) is 0.368. The van der Waals surface area contributed by atoms with Crippen molar-refractivity contribution in [1.29, 1.82) is 0 Å². The van der Waals surface area contributed by atoms with E-state index in [-0.39, 0.29) is 6.61 Å². The quantitative estimate of drug-likeness (QED) is 0.833. The van der Waals surface area contributed by atoms with Crippen LogP contribution < -0.4 is 14.8 Å². The molecule has 2 heterocycles. The summed E-state index contributed by atoms with van der Waals surface area (Å²) in [6, 6.07) is 7.06. The molecule has 0 fully saturated rings. The largest absolute Gasteiger partial charge is 0.486 e. The number of carbonyl (C=O) groups is 2. The van der Waals surface area contributed by atoms with Crippen LogP contribution >= 0.6 is 11.3 Å². The molecule has 7 heteroatoms. The number of carbonyl (C=O) groups excluding carboxylic acids is 2. The second kappa shape index (κ2) is 7.37. The first-order valence-corrected chi connectivity index (χ1v) is 9.49. The molecule has 4 rings (SSSR count). The molecular weight excluding hydrogens is 354 g/mol. The van der Waals surface area contributed by atoms with E-state index in [0.29, 0.717) is 35.3 Å². The van der Waals surface area contributed by atoms with Gasteiger partial charge >= 0.3 is 5.97 Å². The molecule has 0 spiro atoms. The molecule has 1 N–H and O–H groups in total. The Bertz CT molecular complexity index is 821. The number of fused-ring (bicyclic) bond motifs is 2. The Kier molecular flexibility index (Phi) is 4.79. The second-order valence-corrected chi connectivity index (χ2v) is 7.39. The van der Waals surface area contributed by atoms with Crippen molar-refractivity contribution in [3.63, 3.8) is 0 Å². The monoisotopic (exact) mass is 373 g/mol. The number of amides is 1. The molecule has 0 saturated carbocycles. The summed E-state index contributed by atoms with van der Waals surface area (Å²) in [7, 11) is 0. The van der Waals surface area contributed by atoms with E-state index in [1.807, 2.05) is 6.07 Å². The van der Waals surface area contributed by atoms with Crippen LogP contribution in [0.2, 0.25) is 0 Å². The molecule has 1 aromatic carbocycles. The first-order valence-electron chi connectivity index (χ1n) is 8.67. The van der Waals surface area contributed by atoms with Crippen LogP contribution in [0.5, 0.6) is 11.5 Å². The van der Waals surface area contributed by atoms with Gasteiger partial charge in [-0.05, 0) is 49.4 Å². The van der Waals surface area contributed by atoms with Crippen molar-refractivity contribution in [2.75, 3.05) is 25.1 Å². The van der Waals surface area contributed by atoms with E-state index in [1.54, 1.807) is 18.2 Å². The normalized spacial score (nSPS) is 15.1. The van der Waals surface area contributed by atoms with Gasteiger partial charge in [0.15, 0.2) is 18.1 Å². The molecule has 26 heavy (non-hydrogen) atoms. The average molecular weight is 373 g/mol. The first-order chi connectivity index (χ1) is 12.7. The molecule has 0 bridgehead atoms. The van der Waals surface area contributed by atoms with Crippen LogP contribution in [0.1, 0.15) is 33.0 Å². The highest BCUT2D eigenvalue weighted by Gasteiger charge is 2.19. The summed E-state index contributed by atoms with van der Waals surface area (Å²) >= 11 is 1.48. The zero-order valence-electron chi connectivity index (χ0n) is 14.2. The minimum absolute atomic E-state index is 0.324. The van der Waals surface area contributed by atoms with Gasteiger partial charge in [-0.3, -0.25) is 4.79 Å². The highest BCUT2D eigenvalue weighted by atomic mass is 32.1. The molecule has 136 valence electrons. The number of rotatable bonds is 4. The van der Waals surface area contributed by atoms with Gasteiger partial charge in [-0.2, -0.15) is 0 Å². The van der Waals surface area contributed by atoms with E-state index >= 15 is 0 Å². The van der Waals surface area contributed by atoms with Crippen LogP contribution in [-0.2, 0) is 22.4 Å². The third-order valence-electron chi connectivity index (χ3n) is 4.36. The molecule has 1 aliphatic carbocycles. The van der Waals surface area contributed by atoms with Crippen molar-refractivity contribution < 1.29 is 23.8 Å². The SMILES string of the molecule is O=C(COC(=O)c1cc2c(s1)CCCC2)Nc1ccc2c(c1)OCCO2. The average Bonchev–Trinajstić information content (AvgIpc) is 3.10. The zero-order chi connectivity index (χ0) is 17.9. The van der Waals surface area contributed by atoms with Crippen LogP contribution in [0.4, 0.5) is 5.69 Å². The van der Waals surface area contributed by atoms with Gasteiger partial charge in [-0.1, -0.05) is 0 Å². The lowest BCUT2D eigenvalue weighted by Gasteiger charge is -2.18. The molecule has 0 radical (unpaired) electrons. The maximum atomic E-state index is 12.2. The van der Waals surface area contributed by atoms with Gasteiger partial charge in [-0.25, -0.2) is 4.79 Å². The van der Waals surface area contributed by atoms with Crippen molar-refractivity contribution in [3.8, 4) is 11.5 Å². The fourth-order valence-electron chi connectivity index (χ4n) is 3.11. The van der Waals surface area contributed by atoms with Gasteiger partial charge in [-0.15, -0.1) is 11.3 Å².